The van der Waals surface area contributed by atoms with Crippen molar-refractivity contribution in [3.63, 3.8) is 0 Å². The van der Waals surface area contributed by atoms with Crippen molar-refractivity contribution in [1.29, 1.82) is 0 Å². The quantitative estimate of drug-likeness (QED) is 0.103. The summed E-state index contributed by atoms with van der Waals surface area (Å²) in [6, 6.07) is 17.9. The van der Waals surface area contributed by atoms with Crippen LogP contribution in [0.4, 0.5) is 27.8 Å². The smallest absolute Gasteiger partial charge is 0.410 e. The van der Waals surface area contributed by atoms with Crippen molar-refractivity contribution >= 4 is 84.7 Å². The zero-order valence-electron chi connectivity index (χ0n) is 49.5. The number of amides is 2. The number of sulfonamides is 2. The number of hydrogen-bond acceptors (Lipinski definition) is 16. The van der Waals surface area contributed by atoms with E-state index in [1.165, 1.54) is 25.0 Å². The van der Waals surface area contributed by atoms with Crippen LogP contribution in [0.3, 0.4) is 0 Å². The van der Waals surface area contributed by atoms with E-state index in [0.29, 0.717) is 49.4 Å². The zero-order valence-corrected chi connectivity index (χ0v) is 51.9. The van der Waals surface area contributed by atoms with Gasteiger partial charge in [-0.05, 0) is 123 Å². The van der Waals surface area contributed by atoms with Gasteiger partial charge in [-0.3, -0.25) is 19.1 Å². The predicted octanol–water partition coefficient (Wildman–Crippen LogP) is 8.88. The van der Waals surface area contributed by atoms with E-state index in [1.54, 1.807) is 31.2 Å². The van der Waals surface area contributed by atoms with E-state index >= 15 is 0 Å². The van der Waals surface area contributed by atoms with Crippen molar-refractivity contribution in [2.75, 3.05) is 97.5 Å². The third-order valence-corrected chi connectivity index (χ3v) is 16.7. The first kappa shape index (κ1) is 62.7. The predicted molar refractivity (Wildman–Crippen MR) is 327 cm³/mol. The van der Waals surface area contributed by atoms with E-state index in [1.807, 2.05) is 52.6 Å². The molecule has 2 saturated carbocycles. The topological polar surface area (TPSA) is 265 Å². The lowest BCUT2D eigenvalue weighted by atomic mass is 9.97. The summed E-state index contributed by atoms with van der Waals surface area (Å²) in [6.45, 7) is 16.8. The molecule has 0 unspecified atom stereocenters. The van der Waals surface area contributed by atoms with Gasteiger partial charge in [0.05, 0.1) is 84.9 Å². The average Bonchev–Trinajstić information content (AvgIpc) is 2.87. The van der Waals surface area contributed by atoms with Crippen molar-refractivity contribution in [2.45, 2.75) is 128 Å². The van der Waals surface area contributed by atoms with E-state index in [-0.39, 0.29) is 47.7 Å². The molecular formula is C59H79ClN12O11S2. The van der Waals surface area contributed by atoms with Crippen LogP contribution in [-0.2, 0) is 34.3 Å². The molecule has 460 valence electrons. The largest absolute Gasteiger partial charge is 0.478 e. The lowest BCUT2D eigenvalue weighted by Gasteiger charge is -2.35. The van der Waals surface area contributed by atoms with Gasteiger partial charge in [0.1, 0.15) is 17.2 Å². The van der Waals surface area contributed by atoms with Crippen LogP contribution >= 0.6 is 12.4 Å². The second-order valence-corrected chi connectivity index (χ2v) is 27.3. The maximum atomic E-state index is 13.9. The number of nitrogens with one attached hydrogen (secondary N) is 2. The molecule has 4 aromatic heterocycles. The molecule has 85 heavy (non-hydrogen) atoms. The average molecular weight is 1230 g/mol. The molecule has 2 aromatic carbocycles. The molecule has 2 amide bonds. The van der Waals surface area contributed by atoms with Crippen molar-refractivity contribution in [1.82, 2.24) is 39.0 Å². The number of carbonyl (C=O) groups is 3. The van der Waals surface area contributed by atoms with E-state index in [2.05, 4.69) is 37.4 Å². The minimum atomic E-state index is -3.54. The number of hydrogen-bond donors (Lipinski definition) is 3. The van der Waals surface area contributed by atoms with E-state index in [9.17, 15) is 31.2 Å². The summed E-state index contributed by atoms with van der Waals surface area (Å²) in [5, 5.41) is 18.9. The van der Waals surface area contributed by atoms with Gasteiger partial charge in [0, 0.05) is 86.8 Å². The Morgan fingerprint density at radius 2 is 1.00 bits per heavy atom. The summed E-state index contributed by atoms with van der Waals surface area (Å²) in [7, 11) is -7.00. The number of aryl methyl sites for hydroxylation is 2. The van der Waals surface area contributed by atoms with E-state index in [4.69, 9.17) is 39.5 Å². The molecule has 4 aliphatic heterocycles. The molecule has 2 aliphatic carbocycles. The lowest BCUT2D eigenvalue weighted by molar-refractivity contribution is 0.00893. The number of halogens is 1. The van der Waals surface area contributed by atoms with Crippen molar-refractivity contribution in [3.05, 3.63) is 106 Å². The number of carboxylic acids is 1. The Kier molecular flexibility index (Phi) is 19.2. The summed E-state index contributed by atoms with van der Waals surface area (Å²) >= 11 is 0. The Bertz CT molecular complexity index is 3650. The fourth-order valence-electron chi connectivity index (χ4n) is 11.2. The molecule has 3 N–H and O–H groups in total. The van der Waals surface area contributed by atoms with Gasteiger partial charge in [-0.1, -0.05) is 23.3 Å². The van der Waals surface area contributed by atoms with Crippen LogP contribution < -0.4 is 19.2 Å². The Labute approximate surface area is 503 Å². The number of nitrogens with zero attached hydrogens (tertiary/aromatic N) is 10. The molecule has 6 aliphatic rings. The van der Waals surface area contributed by atoms with Crippen LogP contribution in [0.5, 0.6) is 0 Å². The van der Waals surface area contributed by atoms with Crippen molar-refractivity contribution < 1.29 is 50.5 Å². The fraction of sp³-hybridized carbons (Fsp3) is 0.542. The zero-order chi connectivity index (χ0) is 59.7. The maximum Gasteiger partial charge on any atom is 0.410 e. The maximum absolute atomic E-state index is 13.9. The van der Waals surface area contributed by atoms with Crippen LogP contribution in [0.15, 0.2) is 60.7 Å². The molecule has 0 bridgehead atoms. The van der Waals surface area contributed by atoms with Gasteiger partial charge in [-0.15, -0.1) is 12.4 Å². The molecule has 23 nitrogen and oxygen atoms in total. The Morgan fingerprint density at radius 1 is 0.576 bits per heavy atom. The standard InChI is InChI=1S/C27H34N6O4S.C23H33N5O3.C9H11NO4S.ClH/c1-18-6-9-21(30-38(2,35)36)20(15-18)27(34)32-10-4-3-5-24(32)23-16-25-28-22(19-7-8-19)17-26(33(25)29-23)31-11-13-37-14-12-31;1-23(2,3)31-22(29)27-9-5-4-6-19(27)18-14-20-24-17(16-7-8-16)15-21(28(20)25-18)26-10-12-30-13-11-26;1-6-3-4-8(10-15(2,13)14)7(5-6)9(11)12;/h6,9,15-17,19,24,30H,3-5,7-8,10-14H2,1-2H3;14-16,19H,4-13H2,1-3H3;3-5,10H,1-2H3,(H,11,12);1H/t24-;19-;;/m00../s1. The summed E-state index contributed by atoms with van der Waals surface area (Å²) in [5.41, 5.74) is 7.48. The number of fused-ring (bicyclic) bond motifs is 2. The first-order valence-electron chi connectivity index (χ1n) is 29.1. The van der Waals surface area contributed by atoms with E-state index < -0.39 is 31.6 Å². The number of carbonyl (C=O) groups excluding carboxylic acids is 2. The highest BCUT2D eigenvalue weighted by Gasteiger charge is 2.37. The first-order chi connectivity index (χ1) is 39.9. The Hall–Kier alpha value is -6.80. The lowest BCUT2D eigenvalue weighted by Crippen LogP contribution is -2.42. The highest BCUT2D eigenvalue weighted by atomic mass is 35.5. The normalized spacial score (nSPS) is 19.5. The Balaban J connectivity index is 0.000000165. The number of likely N-dealkylation sites (tertiary alicyclic amines) is 2. The highest BCUT2D eigenvalue weighted by Crippen LogP contribution is 2.43. The molecule has 2 atom stereocenters. The second-order valence-electron chi connectivity index (χ2n) is 23.9. The molecule has 8 heterocycles. The summed E-state index contributed by atoms with van der Waals surface area (Å²) in [5.74, 6) is 1.83. The fourth-order valence-corrected chi connectivity index (χ4v) is 12.3. The molecule has 4 saturated heterocycles. The minimum Gasteiger partial charge on any atom is -0.478 e. The molecule has 0 spiro atoms. The molecule has 26 heteroatoms. The molecular weight excluding hydrogens is 1150 g/mol. The molecule has 0 radical (unpaired) electrons. The van der Waals surface area contributed by atoms with Crippen LogP contribution in [0, 0.1) is 13.8 Å². The number of benzene rings is 2. The third-order valence-electron chi connectivity index (χ3n) is 15.5. The van der Waals surface area contributed by atoms with Crippen molar-refractivity contribution in [2.24, 2.45) is 0 Å². The van der Waals surface area contributed by atoms with Crippen LogP contribution in [0.1, 0.15) is 164 Å². The molecule has 12 rings (SSSR count). The number of aromatic carboxylic acids is 1. The minimum absolute atomic E-state index is 0. The van der Waals surface area contributed by atoms with Crippen LogP contribution in [0.25, 0.3) is 11.3 Å². The van der Waals surface area contributed by atoms with Gasteiger partial charge in [-0.2, -0.15) is 19.2 Å². The van der Waals surface area contributed by atoms with Gasteiger partial charge in [0.25, 0.3) is 5.91 Å². The number of aromatic nitrogens is 6. The third kappa shape index (κ3) is 15.8. The Morgan fingerprint density at radius 3 is 1.42 bits per heavy atom. The summed E-state index contributed by atoms with van der Waals surface area (Å²) in [4.78, 5) is 55.9. The van der Waals surface area contributed by atoms with Gasteiger partial charge in [-0.25, -0.2) is 36.4 Å². The first-order valence-corrected chi connectivity index (χ1v) is 32.9. The monoisotopic (exact) mass is 1230 g/mol. The number of morpholine rings is 2. The van der Waals surface area contributed by atoms with Gasteiger partial charge in [0.15, 0.2) is 11.3 Å². The van der Waals surface area contributed by atoms with Crippen LogP contribution in [0.2, 0.25) is 0 Å². The van der Waals surface area contributed by atoms with Crippen LogP contribution in [-0.4, -0.2) is 163 Å². The van der Waals surface area contributed by atoms with Gasteiger partial charge < -0.3 is 34.0 Å². The van der Waals surface area contributed by atoms with E-state index in [0.717, 1.165) is 160 Å². The molecule has 6 fully saturated rings. The summed E-state index contributed by atoms with van der Waals surface area (Å²) < 4.78 is 71.3. The summed E-state index contributed by atoms with van der Waals surface area (Å²) in [6.07, 6.45) is 12.2. The number of rotatable bonds is 12. The highest BCUT2D eigenvalue weighted by molar-refractivity contribution is 7.92. The number of ether oxygens (including phenoxy) is 3. The number of piperidine rings is 2. The SMILES string of the molecule is CC(C)(C)OC(=O)N1CCCC[C@H]1c1cc2nc(C3CC3)cc(N3CCOCC3)n2n1.Cc1ccc(NS(C)(=O)=O)c(C(=O)N2CCCC[C@H]2c2cc3nc(C4CC4)cc(N4CCOCC4)n3n2)c1.Cc1ccc(NS(C)(=O)=O)c(C(=O)O)c1.Cl. The van der Waals surface area contributed by atoms with Gasteiger partial charge >= 0.3 is 12.1 Å². The number of carboxylic acid groups (broad SMARTS) is 1. The van der Waals surface area contributed by atoms with Crippen molar-refractivity contribution in [3.8, 4) is 0 Å². The second kappa shape index (κ2) is 26.0. The number of anilines is 4. The molecule has 6 aromatic rings. The van der Waals surface area contributed by atoms with Gasteiger partial charge in [0.2, 0.25) is 20.0 Å².